The van der Waals surface area contributed by atoms with Gasteiger partial charge in [0.15, 0.2) is 5.69 Å². The number of carbonyl (C=O) groups excluding carboxylic acids is 2. The van der Waals surface area contributed by atoms with Crippen molar-refractivity contribution < 1.29 is 14.3 Å². The highest BCUT2D eigenvalue weighted by molar-refractivity contribution is 6.05. The van der Waals surface area contributed by atoms with Crippen LogP contribution in [-0.2, 0) is 16.6 Å². The van der Waals surface area contributed by atoms with Gasteiger partial charge in [-0.1, -0.05) is 25.1 Å². The maximum atomic E-state index is 13.1. The number of carbonyl (C=O) groups is 2. The maximum absolute atomic E-state index is 13.1. The van der Waals surface area contributed by atoms with Gasteiger partial charge in [-0.2, -0.15) is 5.10 Å². The number of ether oxygens (including phenoxy) is 1. The molecule has 7 heteroatoms. The van der Waals surface area contributed by atoms with Crippen molar-refractivity contribution in [1.29, 1.82) is 0 Å². The Morgan fingerprint density at radius 1 is 1.27 bits per heavy atom. The molecule has 1 aromatic carbocycles. The summed E-state index contributed by atoms with van der Waals surface area (Å²) in [7, 11) is 1.80. The van der Waals surface area contributed by atoms with Gasteiger partial charge >= 0.3 is 5.97 Å². The molecule has 0 saturated carbocycles. The number of amides is 1. The van der Waals surface area contributed by atoms with Gasteiger partial charge in [-0.3, -0.25) is 14.3 Å². The number of aromatic nitrogens is 2. The topological polar surface area (TPSA) is 90.5 Å². The van der Waals surface area contributed by atoms with Gasteiger partial charge in [0.05, 0.1) is 17.6 Å². The summed E-state index contributed by atoms with van der Waals surface area (Å²) in [6.45, 7) is 7.77. The second kappa shape index (κ2) is 6.39. The molecule has 2 heterocycles. The van der Waals surface area contributed by atoms with Crippen LogP contribution < -0.4 is 5.73 Å². The predicted molar refractivity (Wildman–Crippen MR) is 98.2 cm³/mol. The Balaban J connectivity index is 1.88. The van der Waals surface area contributed by atoms with Crippen molar-refractivity contribution in [1.82, 2.24) is 14.7 Å². The van der Waals surface area contributed by atoms with Crippen LogP contribution in [0.25, 0.3) is 10.9 Å². The van der Waals surface area contributed by atoms with Gasteiger partial charge < -0.3 is 15.4 Å². The van der Waals surface area contributed by atoms with Crippen molar-refractivity contribution in [2.75, 3.05) is 6.54 Å². The summed E-state index contributed by atoms with van der Waals surface area (Å²) < 4.78 is 7.17. The Morgan fingerprint density at radius 3 is 2.58 bits per heavy atom. The molecule has 26 heavy (non-hydrogen) atoms. The van der Waals surface area contributed by atoms with E-state index < -0.39 is 17.7 Å². The lowest BCUT2D eigenvalue weighted by Crippen LogP contribution is -2.47. The summed E-state index contributed by atoms with van der Waals surface area (Å²) in [5.41, 5.74) is 6.93. The highest BCUT2D eigenvalue weighted by Crippen LogP contribution is 2.31. The molecule has 0 aliphatic carbocycles. The summed E-state index contributed by atoms with van der Waals surface area (Å²) in [5.74, 6) is -1.25. The Kier molecular flexibility index (Phi) is 4.52. The zero-order chi connectivity index (χ0) is 19.2. The molecule has 1 aromatic heterocycles. The van der Waals surface area contributed by atoms with Gasteiger partial charge in [-0.25, -0.2) is 0 Å². The normalized spacial score (nSPS) is 23.5. The Morgan fingerprint density at radius 2 is 1.92 bits per heavy atom. The highest BCUT2D eigenvalue weighted by Gasteiger charge is 2.46. The van der Waals surface area contributed by atoms with Gasteiger partial charge in [0.25, 0.3) is 5.91 Å². The maximum Gasteiger partial charge on any atom is 0.313 e. The monoisotopic (exact) mass is 358 g/mol. The third-order valence-electron chi connectivity index (χ3n) is 4.73. The molecule has 140 valence electrons. The first-order chi connectivity index (χ1) is 12.1. The van der Waals surface area contributed by atoms with E-state index in [-0.39, 0.29) is 17.8 Å². The van der Waals surface area contributed by atoms with Gasteiger partial charge in [0.1, 0.15) is 5.60 Å². The zero-order valence-electron chi connectivity index (χ0n) is 15.9. The lowest BCUT2D eigenvalue weighted by molar-refractivity contribution is -0.161. The van der Waals surface area contributed by atoms with Crippen LogP contribution in [0.1, 0.15) is 38.2 Å². The van der Waals surface area contributed by atoms with Crippen molar-refractivity contribution in [3.05, 3.63) is 30.0 Å². The van der Waals surface area contributed by atoms with Crippen molar-refractivity contribution in [3.8, 4) is 0 Å². The molecule has 1 aliphatic rings. The fourth-order valence-electron chi connectivity index (χ4n) is 3.54. The summed E-state index contributed by atoms with van der Waals surface area (Å²) in [5, 5.41) is 5.16. The molecule has 3 atom stereocenters. The molecule has 1 saturated heterocycles. The molecule has 1 aliphatic heterocycles. The summed E-state index contributed by atoms with van der Waals surface area (Å²) in [6, 6.07) is 7.55. The summed E-state index contributed by atoms with van der Waals surface area (Å²) in [6.07, 6.45) is -0.729. The Bertz CT molecular complexity index is 852. The first-order valence-electron chi connectivity index (χ1n) is 8.81. The van der Waals surface area contributed by atoms with Crippen LogP contribution in [-0.4, -0.2) is 44.9 Å². The molecule has 3 unspecified atom stereocenters. The second-order valence-electron chi connectivity index (χ2n) is 7.97. The average molecular weight is 358 g/mol. The van der Waals surface area contributed by atoms with Gasteiger partial charge in [-0.15, -0.1) is 0 Å². The molecule has 1 amide bonds. The third kappa shape index (κ3) is 3.19. The van der Waals surface area contributed by atoms with Crippen molar-refractivity contribution in [3.63, 3.8) is 0 Å². The minimum Gasteiger partial charge on any atom is -0.460 e. The van der Waals surface area contributed by atoms with Crippen LogP contribution in [0.3, 0.4) is 0 Å². The van der Waals surface area contributed by atoms with E-state index in [4.69, 9.17) is 10.5 Å². The third-order valence-corrected chi connectivity index (χ3v) is 4.73. The minimum atomic E-state index is -0.729. The van der Waals surface area contributed by atoms with Crippen LogP contribution in [0, 0.1) is 11.8 Å². The van der Waals surface area contributed by atoms with Crippen molar-refractivity contribution >= 4 is 22.8 Å². The Hall–Kier alpha value is -2.41. The van der Waals surface area contributed by atoms with Crippen LogP contribution in [0.2, 0.25) is 0 Å². The first-order valence-corrected chi connectivity index (χ1v) is 8.81. The minimum absolute atomic E-state index is 0.0845. The fraction of sp³-hybridized carbons (Fsp3) is 0.526. The number of para-hydroxylation sites is 1. The van der Waals surface area contributed by atoms with E-state index in [1.54, 1.807) is 11.7 Å². The first kappa shape index (κ1) is 18.4. The number of likely N-dealkylation sites (tertiary alicyclic amines) is 1. The van der Waals surface area contributed by atoms with Gasteiger partial charge in [0, 0.05) is 19.0 Å². The Labute approximate surface area is 153 Å². The molecule has 3 rings (SSSR count). The molecule has 7 nitrogen and oxygen atoms in total. The molecular formula is C19H26N4O3. The molecular weight excluding hydrogens is 332 g/mol. The summed E-state index contributed by atoms with van der Waals surface area (Å²) in [4.78, 5) is 27.2. The number of nitrogens with two attached hydrogens (primary N) is 1. The number of hydrogen-bond donors (Lipinski definition) is 1. The van der Waals surface area contributed by atoms with Crippen LogP contribution in [0.4, 0.5) is 0 Å². The number of fused-ring (bicyclic) bond motifs is 1. The largest absolute Gasteiger partial charge is 0.460 e. The van der Waals surface area contributed by atoms with Crippen LogP contribution >= 0.6 is 0 Å². The van der Waals surface area contributed by atoms with E-state index in [9.17, 15) is 9.59 Å². The number of nitrogens with zero attached hydrogens (tertiary/aromatic N) is 3. The number of esters is 1. The quantitative estimate of drug-likeness (QED) is 0.828. The number of hydrogen-bond acceptors (Lipinski definition) is 5. The van der Waals surface area contributed by atoms with Crippen LogP contribution in [0.15, 0.2) is 24.3 Å². The molecule has 0 radical (unpaired) electrons. The van der Waals surface area contributed by atoms with Gasteiger partial charge in [-0.05, 0) is 32.8 Å². The van der Waals surface area contributed by atoms with E-state index in [1.165, 1.54) is 4.90 Å². The van der Waals surface area contributed by atoms with Crippen molar-refractivity contribution in [2.24, 2.45) is 24.6 Å². The number of benzene rings is 1. The van der Waals surface area contributed by atoms with E-state index in [0.717, 1.165) is 10.9 Å². The van der Waals surface area contributed by atoms with Crippen molar-refractivity contribution in [2.45, 2.75) is 39.5 Å². The summed E-state index contributed by atoms with van der Waals surface area (Å²) >= 11 is 0. The number of rotatable bonds is 2. The van der Waals surface area contributed by atoms with E-state index in [1.807, 2.05) is 52.0 Å². The molecule has 2 N–H and O–H groups in total. The smallest absolute Gasteiger partial charge is 0.313 e. The van der Waals surface area contributed by atoms with E-state index in [2.05, 4.69) is 5.10 Å². The highest BCUT2D eigenvalue weighted by atomic mass is 16.6. The van der Waals surface area contributed by atoms with E-state index >= 15 is 0 Å². The van der Waals surface area contributed by atoms with Gasteiger partial charge in [0.2, 0.25) is 0 Å². The fourth-order valence-corrected chi connectivity index (χ4v) is 3.54. The molecule has 0 spiro atoms. The lowest BCUT2D eigenvalue weighted by Gasteiger charge is -2.26. The number of aryl methyl sites for hydroxylation is 1. The van der Waals surface area contributed by atoms with Crippen LogP contribution in [0.5, 0.6) is 0 Å². The molecule has 2 aromatic rings. The second-order valence-corrected chi connectivity index (χ2v) is 7.97. The molecule has 0 bridgehead atoms. The zero-order valence-corrected chi connectivity index (χ0v) is 15.9. The standard InChI is InChI=1S/C19H26N4O3/c1-11-10-23(16(20)14(11)18(25)26-19(2,3)4)17(24)15-12-8-6-7-9-13(12)22(5)21-15/h6-9,11,14,16H,10,20H2,1-5H3. The average Bonchev–Trinajstić information content (AvgIpc) is 3.03. The van der Waals surface area contributed by atoms with E-state index in [0.29, 0.717) is 12.2 Å². The lowest BCUT2D eigenvalue weighted by atomic mass is 9.96. The predicted octanol–water partition coefficient (Wildman–Crippen LogP) is 1.91. The molecule has 1 fully saturated rings. The SMILES string of the molecule is CC1CN(C(=O)c2nn(C)c3ccccc23)C(N)C1C(=O)OC(C)(C)C.